The van der Waals surface area contributed by atoms with Crippen molar-refractivity contribution in [3.8, 4) is 40.4 Å². The van der Waals surface area contributed by atoms with Crippen LogP contribution in [0.25, 0.3) is 34.3 Å². The number of aryl methyl sites for hydroxylation is 1. The molecule has 0 bridgehead atoms. The lowest BCUT2D eigenvalue weighted by molar-refractivity contribution is 0.448. The molecule has 1 fully saturated rings. The number of hydrogen-bond acceptors (Lipinski definition) is 8. The molecule has 0 radical (unpaired) electrons. The number of nitrogens with one attached hydrogen (secondary N) is 1. The number of rotatable bonds is 5. The monoisotopic (exact) mass is 439 g/mol. The minimum Gasteiger partial charge on any atom is -0.415 e. The molecule has 0 aliphatic carbocycles. The van der Waals surface area contributed by atoms with Crippen molar-refractivity contribution >= 4 is 0 Å². The predicted molar refractivity (Wildman–Crippen MR) is 125 cm³/mol. The first-order valence-electron chi connectivity index (χ1n) is 10.8. The number of hydrogen-bond donors (Lipinski definition) is 1. The molecule has 8 heteroatoms. The molecule has 1 N–H and O–H groups in total. The first kappa shape index (κ1) is 20.9. The molecule has 8 nitrogen and oxygen atoms in total. The maximum absolute atomic E-state index is 9.45. The van der Waals surface area contributed by atoms with Crippen LogP contribution in [-0.4, -0.2) is 38.2 Å². The lowest BCUT2D eigenvalue weighted by Gasteiger charge is -2.27. The Hall–Kier alpha value is -3.96. The van der Waals surface area contributed by atoms with Crippen LogP contribution >= 0.6 is 0 Å². The number of benzene rings is 1. The summed E-state index contributed by atoms with van der Waals surface area (Å²) < 4.78 is 6.01. The standard InChI is InChI=1S/C25H23N7O.H2/c1-15-22(30-20(13-29-15)17-7-8-28-21(10-17)25(2,3)14-26)24-32-31-23(33-24)18-6-4-5-16(9-18)19-11-27-12-19;/h4-10,13,19,27H,11-12H2,1-3H3;1H. The SMILES string of the molecule is Cc1ncc(-c2ccnc(C(C)(C)C#N)c2)nc1-c1nnc(-c2cccc(C3CNC3)c2)o1.[HH]. The summed E-state index contributed by atoms with van der Waals surface area (Å²) in [5, 5.41) is 21.3. The Labute approximate surface area is 193 Å². The van der Waals surface area contributed by atoms with Gasteiger partial charge in [0.15, 0.2) is 0 Å². The van der Waals surface area contributed by atoms with Crippen molar-refractivity contribution in [3.63, 3.8) is 0 Å². The van der Waals surface area contributed by atoms with Gasteiger partial charge in [-0.05, 0) is 50.6 Å². The van der Waals surface area contributed by atoms with Crippen LogP contribution in [0.3, 0.4) is 0 Å². The zero-order valence-corrected chi connectivity index (χ0v) is 18.7. The summed E-state index contributed by atoms with van der Waals surface area (Å²) in [7, 11) is 0. The average molecular weight is 440 g/mol. The Balaban J connectivity index is 0.00000274. The van der Waals surface area contributed by atoms with E-state index in [0.717, 1.165) is 24.2 Å². The molecule has 4 aromatic rings. The van der Waals surface area contributed by atoms with Crippen LogP contribution in [0.5, 0.6) is 0 Å². The lowest BCUT2D eigenvalue weighted by atomic mass is 9.90. The van der Waals surface area contributed by atoms with Crippen molar-refractivity contribution < 1.29 is 5.84 Å². The van der Waals surface area contributed by atoms with Gasteiger partial charge in [-0.1, -0.05) is 12.1 Å². The molecule has 1 saturated heterocycles. The quantitative estimate of drug-likeness (QED) is 0.490. The van der Waals surface area contributed by atoms with Crippen LogP contribution in [0.4, 0.5) is 0 Å². The molecule has 1 aliphatic heterocycles. The number of pyridine rings is 1. The molecular weight excluding hydrogens is 414 g/mol. The fraction of sp³-hybridized carbons (Fsp3) is 0.280. The predicted octanol–water partition coefficient (Wildman–Crippen LogP) is 4.30. The summed E-state index contributed by atoms with van der Waals surface area (Å²) in [4.78, 5) is 13.6. The van der Waals surface area contributed by atoms with Crippen LogP contribution < -0.4 is 5.32 Å². The molecule has 0 amide bonds. The fourth-order valence-corrected chi connectivity index (χ4v) is 3.67. The molecule has 0 spiro atoms. The highest BCUT2D eigenvalue weighted by Crippen LogP contribution is 2.30. The van der Waals surface area contributed by atoms with Gasteiger partial charge in [0.05, 0.1) is 34.8 Å². The Morgan fingerprint density at radius 1 is 1.09 bits per heavy atom. The first-order valence-corrected chi connectivity index (χ1v) is 10.8. The van der Waals surface area contributed by atoms with E-state index in [0.29, 0.717) is 40.5 Å². The number of aromatic nitrogens is 5. The molecule has 33 heavy (non-hydrogen) atoms. The van der Waals surface area contributed by atoms with Gasteiger partial charge in [0.25, 0.3) is 5.89 Å². The van der Waals surface area contributed by atoms with E-state index in [2.05, 4.69) is 43.7 Å². The molecule has 4 heterocycles. The van der Waals surface area contributed by atoms with E-state index in [9.17, 15) is 5.26 Å². The maximum Gasteiger partial charge on any atom is 0.268 e. The van der Waals surface area contributed by atoms with E-state index in [4.69, 9.17) is 9.40 Å². The van der Waals surface area contributed by atoms with Gasteiger partial charge >= 0.3 is 0 Å². The van der Waals surface area contributed by atoms with E-state index >= 15 is 0 Å². The summed E-state index contributed by atoms with van der Waals surface area (Å²) in [6.45, 7) is 7.51. The van der Waals surface area contributed by atoms with Gasteiger partial charge in [0, 0.05) is 37.8 Å². The fourth-order valence-electron chi connectivity index (χ4n) is 3.67. The zero-order valence-electron chi connectivity index (χ0n) is 18.7. The van der Waals surface area contributed by atoms with Gasteiger partial charge in [-0.15, -0.1) is 10.2 Å². The summed E-state index contributed by atoms with van der Waals surface area (Å²) >= 11 is 0. The second-order valence-corrected chi connectivity index (χ2v) is 8.75. The van der Waals surface area contributed by atoms with Gasteiger partial charge in [-0.3, -0.25) is 9.97 Å². The van der Waals surface area contributed by atoms with E-state index in [1.165, 1.54) is 5.56 Å². The van der Waals surface area contributed by atoms with Gasteiger partial charge in [-0.2, -0.15) is 5.26 Å². The molecule has 0 unspecified atom stereocenters. The van der Waals surface area contributed by atoms with Crippen LogP contribution in [0.15, 0.2) is 53.2 Å². The van der Waals surface area contributed by atoms with Crippen molar-refractivity contribution in [2.75, 3.05) is 13.1 Å². The topological polar surface area (TPSA) is 113 Å². The summed E-state index contributed by atoms with van der Waals surface area (Å²) in [5.41, 5.74) is 4.80. The first-order chi connectivity index (χ1) is 15.9. The maximum atomic E-state index is 9.45. The van der Waals surface area contributed by atoms with Crippen LogP contribution in [0.2, 0.25) is 0 Å². The van der Waals surface area contributed by atoms with E-state index in [1.54, 1.807) is 12.4 Å². The molecule has 1 aromatic carbocycles. The van der Waals surface area contributed by atoms with Gasteiger partial charge in [0.1, 0.15) is 5.69 Å². The normalized spacial score (nSPS) is 14.0. The summed E-state index contributed by atoms with van der Waals surface area (Å²) in [5.74, 6) is 1.29. The highest BCUT2D eigenvalue weighted by molar-refractivity contribution is 5.64. The smallest absolute Gasteiger partial charge is 0.268 e. The van der Waals surface area contributed by atoms with Crippen LogP contribution in [0.1, 0.15) is 38.1 Å². The average Bonchev–Trinajstić information content (AvgIpc) is 3.29. The second-order valence-electron chi connectivity index (χ2n) is 8.75. The minimum absolute atomic E-state index is 0. The number of nitriles is 1. The molecule has 0 saturated carbocycles. The molecule has 0 atom stereocenters. The van der Waals surface area contributed by atoms with E-state index < -0.39 is 5.41 Å². The van der Waals surface area contributed by atoms with Gasteiger partial charge in [-0.25, -0.2) is 4.98 Å². The Morgan fingerprint density at radius 3 is 2.67 bits per heavy atom. The lowest BCUT2D eigenvalue weighted by Crippen LogP contribution is -2.39. The third kappa shape index (κ3) is 3.99. The summed E-state index contributed by atoms with van der Waals surface area (Å²) in [6.07, 6.45) is 3.38. The largest absolute Gasteiger partial charge is 0.415 e. The highest BCUT2D eigenvalue weighted by Gasteiger charge is 2.23. The summed E-state index contributed by atoms with van der Waals surface area (Å²) in [6, 6.07) is 14.2. The second kappa shape index (κ2) is 8.19. The molecular formula is C25H25N7O. The number of nitrogens with zero attached hydrogens (tertiary/aromatic N) is 6. The van der Waals surface area contributed by atoms with E-state index in [-0.39, 0.29) is 1.43 Å². The minimum atomic E-state index is -0.706. The Bertz CT molecular complexity index is 1370. The van der Waals surface area contributed by atoms with Crippen LogP contribution in [-0.2, 0) is 5.41 Å². The van der Waals surface area contributed by atoms with Gasteiger partial charge < -0.3 is 9.73 Å². The van der Waals surface area contributed by atoms with Crippen molar-refractivity contribution in [1.29, 1.82) is 5.26 Å². The Morgan fingerprint density at radius 2 is 1.91 bits per heavy atom. The molecule has 166 valence electrons. The molecule has 5 rings (SSSR count). The molecule has 3 aromatic heterocycles. The van der Waals surface area contributed by atoms with Gasteiger partial charge in [0.2, 0.25) is 5.89 Å². The van der Waals surface area contributed by atoms with E-state index in [1.807, 2.05) is 45.0 Å². The van der Waals surface area contributed by atoms with Crippen molar-refractivity contribution in [2.45, 2.75) is 32.1 Å². The molecule has 1 aliphatic rings. The zero-order chi connectivity index (χ0) is 23.0. The van der Waals surface area contributed by atoms with Crippen LogP contribution in [0, 0.1) is 18.3 Å². The Kier molecular flexibility index (Phi) is 5.19. The third-order valence-electron chi connectivity index (χ3n) is 5.95. The third-order valence-corrected chi connectivity index (χ3v) is 5.95. The van der Waals surface area contributed by atoms with Crippen molar-refractivity contribution in [1.82, 2.24) is 30.5 Å². The van der Waals surface area contributed by atoms with Crippen molar-refractivity contribution in [3.05, 3.63) is 65.7 Å². The van der Waals surface area contributed by atoms with Crippen molar-refractivity contribution in [2.24, 2.45) is 0 Å². The highest BCUT2D eigenvalue weighted by atomic mass is 16.4.